The van der Waals surface area contributed by atoms with E-state index in [9.17, 15) is 4.79 Å². The van der Waals surface area contributed by atoms with E-state index in [4.69, 9.17) is 5.26 Å². The third-order valence-corrected chi connectivity index (χ3v) is 4.13. The molecule has 0 radical (unpaired) electrons. The Morgan fingerprint density at radius 1 is 1.07 bits per heavy atom. The van der Waals surface area contributed by atoms with Crippen molar-refractivity contribution in [3.05, 3.63) is 83.6 Å². The van der Waals surface area contributed by atoms with Crippen molar-refractivity contribution >= 4 is 22.6 Å². The van der Waals surface area contributed by atoms with Crippen molar-refractivity contribution in [1.82, 2.24) is 14.8 Å². The van der Waals surface area contributed by atoms with E-state index in [1.807, 2.05) is 49.4 Å². The summed E-state index contributed by atoms with van der Waals surface area (Å²) in [6.45, 7) is 1.85. The summed E-state index contributed by atoms with van der Waals surface area (Å²) in [6.07, 6.45) is 0. The van der Waals surface area contributed by atoms with Gasteiger partial charge < -0.3 is 5.32 Å². The number of nitrogens with one attached hydrogen (secondary N) is 1. The molecule has 1 amide bonds. The average molecular weight is 353 g/mol. The second kappa shape index (κ2) is 6.73. The van der Waals surface area contributed by atoms with Crippen molar-refractivity contribution in [3.8, 4) is 11.9 Å². The molecular weight excluding hydrogens is 338 g/mol. The summed E-state index contributed by atoms with van der Waals surface area (Å²) < 4.78 is 1.60. The van der Waals surface area contributed by atoms with Gasteiger partial charge in [0, 0.05) is 17.0 Å². The molecule has 0 saturated carbocycles. The first-order valence-electron chi connectivity index (χ1n) is 8.38. The number of nitrogens with zero attached hydrogens (tertiary/aromatic N) is 4. The molecule has 0 atom stereocenters. The molecule has 0 aliphatic carbocycles. The molecule has 1 N–H and O–H groups in total. The van der Waals surface area contributed by atoms with Gasteiger partial charge in [0.2, 0.25) is 0 Å². The fourth-order valence-corrected chi connectivity index (χ4v) is 2.85. The molecule has 4 aromatic rings. The van der Waals surface area contributed by atoms with Crippen LogP contribution in [0.4, 0.5) is 5.82 Å². The number of aryl methyl sites for hydroxylation is 1. The third-order valence-electron chi connectivity index (χ3n) is 4.13. The van der Waals surface area contributed by atoms with Crippen LogP contribution in [0.25, 0.3) is 16.7 Å². The molecule has 4 rings (SSSR count). The number of carbonyl (C=O) groups is 1. The van der Waals surface area contributed by atoms with Gasteiger partial charge in [0.05, 0.1) is 22.8 Å². The molecule has 6 nitrogen and oxygen atoms in total. The number of pyridine rings is 1. The van der Waals surface area contributed by atoms with Gasteiger partial charge in [-0.2, -0.15) is 15.0 Å². The lowest BCUT2D eigenvalue weighted by Gasteiger charge is -2.09. The summed E-state index contributed by atoms with van der Waals surface area (Å²) in [5.41, 5.74) is 2.45. The highest BCUT2D eigenvalue weighted by molar-refractivity contribution is 6.04. The molecule has 0 unspecified atom stereocenters. The van der Waals surface area contributed by atoms with Crippen molar-refractivity contribution in [3.63, 3.8) is 0 Å². The number of para-hydroxylation sites is 1. The van der Waals surface area contributed by atoms with E-state index < -0.39 is 0 Å². The van der Waals surface area contributed by atoms with Crippen LogP contribution in [0.1, 0.15) is 21.6 Å². The zero-order valence-electron chi connectivity index (χ0n) is 14.5. The van der Waals surface area contributed by atoms with Crippen molar-refractivity contribution in [2.75, 3.05) is 5.32 Å². The Hall–Kier alpha value is -3.98. The van der Waals surface area contributed by atoms with Crippen LogP contribution in [0.3, 0.4) is 0 Å². The highest BCUT2D eigenvalue weighted by Crippen LogP contribution is 2.20. The number of anilines is 1. The van der Waals surface area contributed by atoms with Crippen molar-refractivity contribution in [2.45, 2.75) is 6.92 Å². The van der Waals surface area contributed by atoms with E-state index in [1.165, 1.54) is 0 Å². The Kier molecular flexibility index (Phi) is 4.11. The second-order valence-electron chi connectivity index (χ2n) is 6.09. The van der Waals surface area contributed by atoms with Crippen LogP contribution in [0.15, 0.2) is 66.7 Å². The lowest BCUT2D eigenvalue weighted by atomic mass is 10.1. The van der Waals surface area contributed by atoms with Crippen LogP contribution < -0.4 is 5.32 Å². The topological polar surface area (TPSA) is 83.6 Å². The molecule has 0 aliphatic rings. The minimum Gasteiger partial charge on any atom is -0.306 e. The average Bonchev–Trinajstić information content (AvgIpc) is 3.07. The van der Waals surface area contributed by atoms with Gasteiger partial charge in [-0.1, -0.05) is 24.3 Å². The number of hydrogen-bond donors (Lipinski definition) is 1. The zero-order valence-corrected chi connectivity index (χ0v) is 14.5. The summed E-state index contributed by atoms with van der Waals surface area (Å²) in [5.74, 6) is 0.819. The first kappa shape index (κ1) is 16.5. The number of nitriles is 1. The van der Waals surface area contributed by atoms with Gasteiger partial charge in [-0.15, -0.1) is 0 Å². The largest absolute Gasteiger partial charge is 0.306 e. The van der Waals surface area contributed by atoms with Gasteiger partial charge >= 0.3 is 0 Å². The molecule has 0 bridgehead atoms. The van der Waals surface area contributed by atoms with Gasteiger partial charge in [-0.25, -0.2) is 4.98 Å². The Labute approximate surface area is 155 Å². The molecular formula is C21H15N5O. The molecule has 0 fully saturated rings. The molecule has 0 saturated heterocycles. The Morgan fingerprint density at radius 3 is 2.78 bits per heavy atom. The number of benzene rings is 2. The van der Waals surface area contributed by atoms with Crippen LogP contribution in [0.5, 0.6) is 0 Å². The molecule has 6 heteroatoms. The van der Waals surface area contributed by atoms with Gasteiger partial charge in [0.25, 0.3) is 5.91 Å². The van der Waals surface area contributed by atoms with Crippen LogP contribution >= 0.6 is 0 Å². The molecule has 2 heterocycles. The first-order chi connectivity index (χ1) is 13.1. The zero-order chi connectivity index (χ0) is 18.8. The smallest absolute Gasteiger partial charge is 0.256 e. The maximum atomic E-state index is 12.6. The van der Waals surface area contributed by atoms with Crippen LogP contribution in [0, 0.1) is 18.3 Å². The second-order valence-corrected chi connectivity index (χ2v) is 6.09. The Morgan fingerprint density at radius 2 is 1.93 bits per heavy atom. The number of fused-ring (bicyclic) bond motifs is 1. The summed E-state index contributed by atoms with van der Waals surface area (Å²) >= 11 is 0. The molecule has 0 aliphatic heterocycles. The monoisotopic (exact) mass is 353 g/mol. The summed E-state index contributed by atoms with van der Waals surface area (Å²) in [7, 11) is 0. The van der Waals surface area contributed by atoms with E-state index in [-0.39, 0.29) is 5.91 Å². The standard InChI is InChI=1S/C21H15N5O/c1-14-11-20(24-21(27)17-7-4-5-15(12-17)13-22)26(25-14)19-10-9-16-6-2-3-8-18(16)23-19/h2-12H,1H3,(H,24,27). The molecule has 130 valence electrons. The van der Waals surface area contributed by atoms with Gasteiger partial charge in [0.15, 0.2) is 5.82 Å². The Balaban J connectivity index is 1.70. The van der Waals surface area contributed by atoms with Gasteiger partial charge in [-0.3, -0.25) is 4.79 Å². The summed E-state index contributed by atoms with van der Waals surface area (Å²) in [6, 6.07) is 22.0. The summed E-state index contributed by atoms with van der Waals surface area (Å²) in [5, 5.41) is 17.4. The molecule has 0 spiro atoms. The van der Waals surface area contributed by atoms with E-state index in [1.54, 1.807) is 35.0 Å². The predicted molar refractivity (Wildman–Crippen MR) is 103 cm³/mol. The number of aromatic nitrogens is 3. The van der Waals surface area contributed by atoms with E-state index >= 15 is 0 Å². The highest BCUT2D eigenvalue weighted by atomic mass is 16.1. The number of hydrogen-bond acceptors (Lipinski definition) is 4. The normalized spacial score (nSPS) is 10.5. The van der Waals surface area contributed by atoms with E-state index in [0.29, 0.717) is 22.8 Å². The SMILES string of the molecule is Cc1cc(NC(=O)c2cccc(C#N)c2)n(-c2ccc3ccccc3n2)n1. The fourth-order valence-electron chi connectivity index (χ4n) is 2.85. The van der Waals surface area contributed by atoms with E-state index in [0.717, 1.165) is 16.6 Å². The van der Waals surface area contributed by atoms with Gasteiger partial charge in [-0.05, 0) is 43.3 Å². The minimum absolute atomic E-state index is 0.311. The van der Waals surface area contributed by atoms with Crippen molar-refractivity contribution in [1.29, 1.82) is 5.26 Å². The lowest BCUT2D eigenvalue weighted by Crippen LogP contribution is -2.15. The lowest BCUT2D eigenvalue weighted by molar-refractivity contribution is 0.102. The van der Waals surface area contributed by atoms with Crippen LogP contribution in [-0.2, 0) is 0 Å². The molecule has 2 aromatic heterocycles. The molecule has 2 aromatic carbocycles. The van der Waals surface area contributed by atoms with E-state index in [2.05, 4.69) is 15.4 Å². The number of amides is 1. The van der Waals surface area contributed by atoms with Crippen LogP contribution in [0.2, 0.25) is 0 Å². The first-order valence-corrected chi connectivity index (χ1v) is 8.38. The molecule has 27 heavy (non-hydrogen) atoms. The summed E-state index contributed by atoms with van der Waals surface area (Å²) in [4.78, 5) is 17.2. The third kappa shape index (κ3) is 3.26. The highest BCUT2D eigenvalue weighted by Gasteiger charge is 2.14. The maximum Gasteiger partial charge on any atom is 0.256 e. The van der Waals surface area contributed by atoms with Crippen LogP contribution in [-0.4, -0.2) is 20.7 Å². The fraction of sp³-hybridized carbons (Fsp3) is 0.0476. The number of rotatable bonds is 3. The quantitative estimate of drug-likeness (QED) is 0.606. The maximum absolute atomic E-state index is 12.6. The minimum atomic E-state index is -0.311. The Bertz CT molecular complexity index is 1200. The predicted octanol–water partition coefficient (Wildman–Crippen LogP) is 3.85. The van der Waals surface area contributed by atoms with Crippen molar-refractivity contribution < 1.29 is 4.79 Å². The number of carbonyl (C=O) groups excluding carboxylic acids is 1. The van der Waals surface area contributed by atoms with Crippen molar-refractivity contribution in [2.24, 2.45) is 0 Å². The van der Waals surface area contributed by atoms with Gasteiger partial charge in [0.1, 0.15) is 5.82 Å².